The molecule has 194 valence electrons. The van der Waals surface area contributed by atoms with E-state index in [2.05, 4.69) is 15.0 Å². The van der Waals surface area contributed by atoms with Crippen LogP contribution >= 0.6 is 11.3 Å². The Morgan fingerprint density at radius 1 is 1.03 bits per heavy atom. The van der Waals surface area contributed by atoms with E-state index in [1.54, 1.807) is 5.38 Å². The fourth-order valence-electron chi connectivity index (χ4n) is 3.28. The summed E-state index contributed by atoms with van der Waals surface area (Å²) in [5.41, 5.74) is 0.885. The number of nitro benzene ring substituents is 1. The highest BCUT2D eigenvalue weighted by Gasteiger charge is 2.24. The van der Waals surface area contributed by atoms with Crippen molar-refractivity contribution >= 4 is 49.7 Å². The van der Waals surface area contributed by atoms with Crippen molar-refractivity contribution < 1.29 is 27.7 Å². The molecule has 1 aromatic heterocycles. The molecule has 0 aliphatic heterocycles. The van der Waals surface area contributed by atoms with Gasteiger partial charge in [0.05, 0.1) is 26.8 Å². The van der Waals surface area contributed by atoms with E-state index >= 15 is 0 Å². The minimum absolute atomic E-state index is 0.121. The average Bonchev–Trinajstić information content (AvgIpc) is 3.37. The molecule has 0 aliphatic carbocycles. The van der Waals surface area contributed by atoms with Gasteiger partial charge in [-0.3, -0.25) is 24.9 Å². The molecule has 3 aromatic carbocycles. The van der Waals surface area contributed by atoms with Gasteiger partial charge >= 0.3 is 5.97 Å². The molecule has 1 atom stereocenters. The summed E-state index contributed by atoms with van der Waals surface area (Å²) < 4.78 is 33.2. The van der Waals surface area contributed by atoms with E-state index in [0.29, 0.717) is 10.8 Å². The van der Waals surface area contributed by atoms with Gasteiger partial charge in [0.25, 0.3) is 21.6 Å². The van der Waals surface area contributed by atoms with Crippen LogP contribution in [-0.4, -0.2) is 36.3 Å². The Bertz CT molecular complexity index is 1600. The molecule has 1 heterocycles. The van der Waals surface area contributed by atoms with Crippen molar-refractivity contribution in [2.75, 3.05) is 10.0 Å². The van der Waals surface area contributed by atoms with Gasteiger partial charge in [-0.25, -0.2) is 18.2 Å². The summed E-state index contributed by atoms with van der Waals surface area (Å²) in [6.45, 7) is 1.37. The van der Waals surface area contributed by atoms with Crippen LogP contribution in [-0.2, 0) is 19.6 Å². The Morgan fingerprint density at radius 2 is 1.74 bits per heavy atom. The Hall–Kier alpha value is -4.62. The normalized spacial score (nSPS) is 11.8. The molecule has 4 aromatic rings. The number of amides is 1. The second-order valence-electron chi connectivity index (χ2n) is 7.85. The number of rotatable bonds is 9. The minimum Gasteiger partial charge on any atom is -0.449 e. The van der Waals surface area contributed by atoms with Crippen LogP contribution < -0.4 is 10.0 Å². The molecule has 0 spiro atoms. The van der Waals surface area contributed by atoms with Gasteiger partial charge in [-0.05, 0) is 25.1 Å². The maximum absolute atomic E-state index is 12.8. The Labute approximate surface area is 221 Å². The van der Waals surface area contributed by atoms with Crippen molar-refractivity contribution in [3.05, 3.63) is 99.9 Å². The van der Waals surface area contributed by atoms with E-state index in [-0.39, 0.29) is 16.1 Å². The lowest BCUT2D eigenvalue weighted by molar-refractivity contribution is -0.385. The molecule has 1 amide bonds. The fraction of sp³-hybridized carbons (Fsp3) is 0.0800. The monoisotopic (exact) mass is 552 g/mol. The summed E-state index contributed by atoms with van der Waals surface area (Å²) in [4.78, 5) is 39.8. The summed E-state index contributed by atoms with van der Waals surface area (Å²) in [7, 11) is -4.28. The van der Waals surface area contributed by atoms with Gasteiger partial charge in [-0.2, -0.15) is 0 Å². The number of sulfonamides is 1. The number of benzene rings is 3. The highest BCUT2D eigenvalue weighted by Crippen LogP contribution is 2.26. The van der Waals surface area contributed by atoms with Gasteiger partial charge in [-0.15, -0.1) is 11.3 Å². The van der Waals surface area contributed by atoms with Crippen LogP contribution in [0.15, 0.2) is 89.1 Å². The summed E-state index contributed by atoms with van der Waals surface area (Å²) in [5, 5.41) is 15.7. The summed E-state index contributed by atoms with van der Waals surface area (Å²) >= 11 is 1.21. The lowest BCUT2D eigenvalue weighted by Gasteiger charge is -2.15. The number of carbonyl (C=O) groups excluding carboxylic acids is 2. The van der Waals surface area contributed by atoms with Gasteiger partial charge in [0.2, 0.25) is 0 Å². The highest BCUT2D eigenvalue weighted by molar-refractivity contribution is 7.92. The number of ether oxygens (including phenoxy) is 1. The van der Waals surface area contributed by atoms with Crippen molar-refractivity contribution in [2.45, 2.75) is 17.9 Å². The molecule has 0 bridgehead atoms. The first-order valence-corrected chi connectivity index (χ1v) is 13.4. The van der Waals surface area contributed by atoms with E-state index in [9.17, 15) is 28.1 Å². The second kappa shape index (κ2) is 11.2. The molecular weight excluding hydrogens is 532 g/mol. The second-order valence-corrected chi connectivity index (χ2v) is 10.4. The van der Waals surface area contributed by atoms with E-state index in [1.807, 2.05) is 30.3 Å². The number of thiazole rings is 1. The Balaban J connectivity index is 1.45. The molecule has 13 heteroatoms. The number of nitrogens with zero attached hydrogens (tertiary/aromatic N) is 2. The van der Waals surface area contributed by atoms with Crippen LogP contribution in [0.1, 0.15) is 17.3 Å². The first kappa shape index (κ1) is 26.4. The van der Waals surface area contributed by atoms with Gasteiger partial charge in [0, 0.05) is 23.1 Å². The van der Waals surface area contributed by atoms with Crippen LogP contribution in [0.3, 0.4) is 0 Å². The van der Waals surface area contributed by atoms with Gasteiger partial charge < -0.3 is 4.74 Å². The van der Waals surface area contributed by atoms with Crippen molar-refractivity contribution in [3.8, 4) is 11.3 Å². The van der Waals surface area contributed by atoms with E-state index in [1.165, 1.54) is 54.7 Å². The molecule has 0 fully saturated rings. The standard InChI is InChI=1S/C25H20N4O7S2/c1-16(23(30)27-25-26-22(15-37-25)17-8-3-2-4-9-17)36-24(31)20-12-5-6-13-21(20)28-38(34,35)19-11-7-10-18(14-19)29(32)33/h2-16,28H,1H3,(H,26,27,30). The van der Waals surface area contributed by atoms with E-state index in [0.717, 1.165) is 17.7 Å². The molecular formula is C25H20N4O7S2. The zero-order valence-electron chi connectivity index (χ0n) is 19.7. The molecule has 11 nitrogen and oxygen atoms in total. The summed E-state index contributed by atoms with van der Waals surface area (Å²) in [5.74, 6) is -1.57. The molecule has 1 unspecified atom stereocenters. The smallest absolute Gasteiger partial charge is 0.341 e. The molecule has 0 saturated carbocycles. The average molecular weight is 553 g/mol. The van der Waals surface area contributed by atoms with Gasteiger partial charge in [-0.1, -0.05) is 48.5 Å². The van der Waals surface area contributed by atoms with Crippen molar-refractivity contribution in [1.82, 2.24) is 4.98 Å². The topological polar surface area (TPSA) is 158 Å². The predicted molar refractivity (Wildman–Crippen MR) is 141 cm³/mol. The predicted octanol–water partition coefficient (Wildman–Crippen LogP) is 4.70. The number of aromatic nitrogens is 1. The lowest BCUT2D eigenvalue weighted by atomic mass is 10.2. The number of esters is 1. The van der Waals surface area contributed by atoms with Crippen LogP contribution in [0.5, 0.6) is 0 Å². The number of nitrogens with one attached hydrogen (secondary N) is 2. The highest BCUT2D eigenvalue weighted by atomic mass is 32.2. The number of hydrogen-bond donors (Lipinski definition) is 2. The van der Waals surface area contributed by atoms with E-state index in [4.69, 9.17) is 4.74 Å². The third-order valence-electron chi connectivity index (χ3n) is 5.19. The van der Waals surface area contributed by atoms with Crippen molar-refractivity contribution in [2.24, 2.45) is 0 Å². The van der Waals surface area contributed by atoms with Crippen LogP contribution in [0.2, 0.25) is 0 Å². The molecule has 4 rings (SSSR count). The maximum Gasteiger partial charge on any atom is 0.341 e. The molecule has 0 radical (unpaired) electrons. The first-order valence-electron chi connectivity index (χ1n) is 11.0. The van der Waals surface area contributed by atoms with Gasteiger partial charge in [0.15, 0.2) is 11.2 Å². The lowest BCUT2D eigenvalue weighted by Crippen LogP contribution is -2.30. The molecule has 0 saturated heterocycles. The zero-order chi connectivity index (χ0) is 27.3. The Kier molecular flexibility index (Phi) is 7.79. The number of carbonyl (C=O) groups is 2. The third-order valence-corrected chi connectivity index (χ3v) is 7.31. The van der Waals surface area contributed by atoms with Crippen LogP contribution in [0, 0.1) is 10.1 Å². The van der Waals surface area contributed by atoms with Gasteiger partial charge in [0.1, 0.15) is 0 Å². The maximum atomic E-state index is 12.8. The Morgan fingerprint density at radius 3 is 2.47 bits per heavy atom. The van der Waals surface area contributed by atoms with Crippen molar-refractivity contribution in [1.29, 1.82) is 0 Å². The SMILES string of the molecule is CC(OC(=O)c1ccccc1NS(=O)(=O)c1cccc([N+](=O)[O-])c1)C(=O)Nc1nc(-c2ccccc2)cs1. The largest absolute Gasteiger partial charge is 0.449 e. The zero-order valence-corrected chi connectivity index (χ0v) is 21.4. The number of non-ortho nitro benzene ring substituents is 1. The van der Waals surface area contributed by atoms with Crippen LogP contribution in [0.4, 0.5) is 16.5 Å². The molecule has 2 N–H and O–H groups in total. The number of para-hydroxylation sites is 1. The first-order chi connectivity index (χ1) is 18.1. The third kappa shape index (κ3) is 6.19. The number of nitro groups is 1. The van der Waals surface area contributed by atoms with Crippen LogP contribution in [0.25, 0.3) is 11.3 Å². The number of anilines is 2. The quantitative estimate of drug-likeness (QED) is 0.172. The summed E-state index contributed by atoms with van der Waals surface area (Å²) in [6.07, 6.45) is -1.23. The minimum atomic E-state index is -4.28. The van der Waals surface area contributed by atoms with E-state index < -0.39 is 38.6 Å². The number of hydrogen-bond acceptors (Lipinski definition) is 9. The van der Waals surface area contributed by atoms with Crippen molar-refractivity contribution in [3.63, 3.8) is 0 Å². The summed E-state index contributed by atoms with van der Waals surface area (Å²) in [6, 6.07) is 19.5. The molecule has 0 aliphatic rings. The molecule has 38 heavy (non-hydrogen) atoms. The fourth-order valence-corrected chi connectivity index (χ4v) is 5.12.